The van der Waals surface area contributed by atoms with Gasteiger partial charge in [-0.05, 0) is 30.2 Å². The number of fused-ring (bicyclic) bond motifs is 1. The molecule has 2 heterocycles. The van der Waals surface area contributed by atoms with E-state index in [4.69, 9.17) is 0 Å². The summed E-state index contributed by atoms with van der Waals surface area (Å²) in [4.78, 5) is 25.8. The lowest BCUT2D eigenvalue weighted by Crippen LogP contribution is -2.45. The molecule has 0 spiro atoms. The van der Waals surface area contributed by atoms with Crippen LogP contribution in [-0.2, 0) is 11.2 Å². The van der Waals surface area contributed by atoms with E-state index >= 15 is 0 Å². The predicted molar refractivity (Wildman–Crippen MR) is 95.1 cm³/mol. The Hall–Kier alpha value is -1.55. The maximum atomic E-state index is 12.3. The van der Waals surface area contributed by atoms with Crippen LogP contribution in [0.3, 0.4) is 0 Å². The molecule has 0 radical (unpaired) electrons. The van der Waals surface area contributed by atoms with Gasteiger partial charge in [0.2, 0.25) is 5.91 Å². The Bertz CT molecular complexity index is 550. The van der Waals surface area contributed by atoms with E-state index in [-0.39, 0.29) is 40.5 Å². The number of hydrogen-bond acceptors (Lipinski definition) is 4. The Balaban J connectivity index is 0. The van der Waals surface area contributed by atoms with Crippen molar-refractivity contribution < 1.29 is 26.0 Å². The first-order valence-electron chi connectivity index (χ1n) is 7.11. The number of benzene rings is 1. The van der Waals surface area contributed by atoms with E-state index in [1.807, 2.05) is 18.2 Å². The third-order valence-corrected chi connectivity index (χ3v) is 3.90. The summed E-state index contributed by atoms with van der Waals surface area (Å²) < 4.78 is 0. The van der Waals surface area contributed by atoms with Crippen LogP contribution < -0.4 is 10.6 Å². The van der Waals surface area contributed by atoms with Crippen LogP contribution in [0.15, 0.2) is 18.2 Å². The molecular formula is C15H26ClN3O5. The van der Waals surface area contributed by atoms with Crippen molar-refractivity contribution in [2.45, 2.75) is 12.8 Å². The molecule has 1 amide bonds. The first-order chi connectivity index (χ1) is 9.72. The minimum Gasteiger partial charge on any atom is -0.412 e. The van der Waals surface area contributed by atoms with Crippen LogP contribution in [-0.4, -0.2) is 65.7 Å². The molecule has 138 valence electrons. The molecule has 2 aliphatic heterocycles. The van der Waals surface area contributed by atoms with E-state index in [0.29, 0.717) is 13.0 Å². The largest absolute Gasteiger partial charge is 0.412 e. The zero-order valence-electron chi connectivity index (χ0n) is 13.4. The van der Waals surface area contributed by atoms with Crippen molar-refractivity contribution in [1.29, 1.82) is 0 Å². The third kappa shape index (κ3) is 5.82. The summed E-state index contributed by atoms with van der Waals surface area (Å²) >= 11 is 0. The van der Waals surface area contributed by atoms with Gasteiger partial charge in [0.1, 0.15) is 0 Å². The zero-order chi connectivity index (χ0) is 13.9. The molecule has 3 rings (SSSR count). The quantitative estimate of drug-likeness (QED) is 0.633. The number of nitrogens with one attached hydrogen (secondary N) is 2. The van der Waals surface area contributed by atoms with Crippen LogP contribution in [0, 0.1) is 0 Å². The number of nitrogens with zero attached hydrogens (tertiary/aromatic N) is 1. The number of piperazine rings is 1. The number of aryl methyl sites for hydroxylation is 1. The molecule has 2 aliphatic rings. The van der Waals surface area contributed by atoms with Crippen LogP contribution in [0.5, 0.6) is 0 Å². The fourth-order valence-electron chi connectivity index (χ4n) is 2.72. The van der Waals surface area contributed by atoms with Gasteiger partial charge in [0, 0.05) is 43.9 Å². The van der Waals surface area contributed by atoms with Gasteiger partial charge in [-0.15, -0.1) is 12.4 Å². The number of rotatable bonds is 3. The maximum absolute atomic E-state index is 12.3. The van der Waals surface area contributed by atoms with Gasteiger partial charge >= 0.3 is 0 Å². The fourth-order valence-corrected chi connectivity index (χ4v) is 2.72. The van der Waals surface area contributed by atoms with Crippen molar-refractivity contribution in [2.24, 2.45) is 0 Å². The van der Waals surface area contributed by atoms with Crippen molar-refractivity contribution in [1.82, 2.24) is 10.2 Å². The number of halogens is 1. The van der Waals surface area contributed by atoms with Crippen molar-refractivity contribution in [3.8, 4) is 0 Å². The average Bonchev–Trinajstić information content (AvgIpc) is 2.47. The first kappa shape index (κ1) is 24.7. The highest BCUT2D eigenvalue weighted by molar-refractivity contribution is 6.00. The Kier molecular flexibility index (Phi) is 11.4. The van der Waals surface area contributed by atoms with Gasteiger partial charge < -0.3 is 27.1 Å². The number of hydrogen-bond donors (Lipinski definition) is 2. The second-order valence-electron chi connectivity index (χ2n) is 5.37. The van der Waals surface area contributed by atoms with E-state index in [0.717, 1.165) is 49.4 Å². The molecule has 1 fully saturated rings. The topological polar surface area (TPSA) is 156 Å². The first-order valence-corrected chi connectivity index (χ1v) is 7.11. The molecule has 24 heavy (non-hydrogen) atoms. The van der Waals surface area contributed by atoms with Gasteiger partial charge in [0.05, 0.1) is 6.54 Å². The number of anilines is 1. The molecule has 9 heteroatoms. The Morgan fingerprint density at radius 2 is 1.75 bits per heavy atom. The second-order valence-corrected chi connectivity index (χ2v) is 5.37. The normalized spacial score (nSPS) is 16.1. The molecule has 1 aromatic carbocycles. The lowest BCUT2D eigenvalue weighted by Gasteiger charge is -2.26. The molecule has 0 atom stereocenters. The monoisotopic (exact) mass is 363 g/mol. The van der Waals surface area contributed by atoms with Crippen LogP contribution in [0.25, 0.3) is 0 Å². The molecule has 0 unspecified atom stereocenters. The number of ketones is 1. The van der Waals surface area contributed by atoms with Gasteiger partial charge in [0.25, 0.3) is 0 Å². The zero-order valence-corrected chi connectivity index (χ0v) is 14.2. The lowest BCUT2D eigenvalue weighted by atomic mass is 9.98. The van der Waals surface area contributed by atoms with Gasteiger partial charge in [-0.2, -0.15) is 0 Å². The van der Waals surface area contributed by atoms with Crippen molar-refractivity contribution in [3.63, 3.8) is 0 Å². The second kappa shape index (κ2) is 11.1. The Labute approximate surface area is 146 Å². The molecule has 0 aliphatic carbocycles. The SMILES string of the molecule is Cl.O.O.O.O=C1CCc2cc(C(=O)CN3CCNCC3)ccc2N1. The molecule has 0 aromatic heterocycles. The van der Waals surface area contributed by atoms with Crippen LogP contribution in [0.4, 0.5) is 5.69 Å². The smallest absolute Gasteiger partial charge is 0.224 e. The van der Waals surface area contributed by atoms with E-state index in [9.17, 15) is 9.59 Å². The molecule has 8 N–H and O–H groups in total. The van der Waals surface area contributed by atoms with Crippen molar-refractivity contribution in [2.75, 3.05) is 38.0 Å². The molecule has 0 saturated carbocycles. The maximum Gasteiger partial charge on any atom is 0.224 e. The highest BCUT2D eigenvalue weighted by Crippen LogP contribution is 2.23. The van der Waals surface area contributed by atoms with Gasteiger partial charge in [-0.1, -0.05) is 0 Å². The Morgan fingerprint density at radius 1 is 1.08 bits per heavy atom. The number of carbonyl (C=O) groups excluding carboxylic acids is 2. The van der Waals surface area contributed by atoms with Crippen LogP contribution in [0.2, 0.25) is 0 Å². The summed E-state index contributed by atoms with van der Waals surface area (Å²) in [7, 11) is 0. The summed E-state index contributed by atoms with van der Waals surface area (Å²) in [6.45, 7) is 4.22. The highest BCUT2D eigenvalue weighted by Gasteiger charge is 2.18. The summed E-state index contributed by atoms with van der Waals surface area (Å²) in [5.41, 5.74) is 2.66. The van der Waals surface area contributed by atoms with Gasteiger partial charge in [0.15, 0.2) is 5.78 Å². The average molecular weight is 364 g/mol. The molecule has 1 saturated heterocycles. The summed E-state index contributed by atoms with van der Waals surface area (Å²) in [6, 6.07) is 5.59. The van der Waals surface area contributed by atoms with Crippen molar-refractivity contribution >= 4 is 29.8 Å². The summed E-state index contributed by atoms with van der Waals surface area (Å²) in [6.07, 6.45) is 1.22. The van der Waals surface area contributed by atoms with Crippen LogP contribution >= 0.6 is 12.4 Å². The molecule has 8 nitrogen and oxygen atoms in total. The fraction of sp³-hybridized carbons (Fsp3) is 0.467. The number of carbonyl (C=O) groups is 2. The third-order valence-electron chi connectivity index (χ3n) is 3.90. The minimum absolute atomic E-state index is 0. The van der Waals surface area contributed by atoms with Crippen molar-refractivity contribution in [3.05, 3.63) is 29.3 Å². The molecule has 1 aromatic rings. The van der Waals surface area contributed by atoms with Gasteiger partial charge in [-0.25, -0.2) is 0 Å². The standard InChI is InChI=1S/C15H19N3O2.ClH.3H2O/c19-14(10-18-7-5-16-6-8-18)12-1-3-13-11(9-12)2-4-15(20)17-13;;;;/h1,3,9,16H,2,4-8,10H2,(H,17,20);1H;3*1H2. The predicted octanol–water partition coefficient (Wildman–Crippen LogP) is -1.39. The number of amides is 1. The van der Waals surface area contributed by atoms with E-state index in [1.165, 1.54) is 0 Å². The lowest BCUT2D eigenvalue weighted by molar-refractivity contribution is -0.116. The summed E-state index contributed by atoms with van der Waals surface area (Å²) in [5.74, 6) is 0.212. The van der Waals surface area contributed by atoms with E-state index in [2.05, 4.69) is 15.5 Å². The Morgan fingerprint density at radius 3 is 2.42 bits per heavy atom. The summed E-state index contributed by atoms with van der Waals surface area (Å²) in [5, 5.41) is 6.12. The van der Waals surface area contributed by atoms with E-state index in [1.54, 1.807) is 0 Å². The molecule has 0 bridgehead atoms. The van der Waals surface area contributed by atoms with Gasteiger partial charge in [-0.3, -0.25) is 14.5 Å². The highest BCUT2D eigenvalue weighted by atomic mass is 35.5. The molecular weight excluding hydrogens is 338 g/mol. The minimum atomic E-state index is 0. The van der Waals surface area contributed by atoms with Crippen LogP contribution in [0.1, 0.15) is 22.3 Å². The van der Waals surface area contributed by atoms with E-state index < -0.39 is 0 Å². The number of Topliss-reactive ketones (excluding diaryl/α,β-unsaturated/α-hetero) is 1.